The number of alkyl halides is 2. The zero-order valence-electron chi connectivity index (χ0n) is 39.9. The maximum Gasteiger partial charge on any atom is 0.243 e. The van der Waals surface area contributed by atoms with Crippen molar-refractivity contribution in [1.29, 1.82) is 0 Å². The summed E-state index contributed by atoms with van der Waals surface area (Å²) in [5.41, 5.74) is -2.05. The number of rotatable bonds is 20. The molecule has 8 rings (SSSR count). The molecule has 0 unspecified atom stereocenters. The molecule has 5 amide bonds. The van der Waals surface area contributed by atoms with Gasteiger partial charge in [0.25, 0.3) is 0 Å². The molecule has 5 aliphatic rings. The molecular formula is C52H59BrFN5O12S. The van der Waals surface area contributed by atoms with Gasteiger partial charge in [-0.15, -0.1) is 11.3 Å². The number of aliphatic hydroxyl groups is 2. The molecule has 0 bridgehead atoms. The number of halogens is 2. The van der Waals surface area contributed by atoms with E-state index in [0.717, 1.165) is 21.6 Å². The summed E-state index contributed by atoms with van der Waals surface area (Å²) in [6, 6.07) is 17.6. The average molecular weight is 1080 g/mol. The average Bonchev–Trinajstić information content (AvgIpc) is 4.06. The van der Waals surface area contributed by atoms with Crippen LogP contribution >= 0.6 is 27.3 Å². The van der Waals surface area contributed by atoms with Gasteiger partial charge >= 0.3 is 0 Å². The highest BCUT2D eigenvalue weighted by Gasteiger charge is 2.79. The highest BCUT2D eigenvalue weighted by Crippen LogP contribution is 2.72. The topological polar surface area (TPSA) is 248 Å². The van der Waals surface area contributed by atoms with Crippen molar-refractivity contribution in [3.8, 4) is 0 Å². The number of carbonyl (C=O) groups is 7. The maximum atomic E-state index is 17.8. The molecule has 4 aliphatic carbocycles. The van der Waals surface area contributed by atoms with E-state index >= 15 is 4.39 Å². The van der Waals surface area contributed by atoms with Crippen LogP contribution in [-0.4, -0.2) is 119 Å². The third-order valence-corrected chi connectivity index (χ3v) is 16.7. The molecule has 10 atom stereocenters. The van der Waals surface area contributed by atoms with Crippen LogP contribution in [0.4, 0.5) is 4.39 Å². The van der Waals surface area contributed by atoms with Crippen molar-refractivity contribution in [3.63, 3.8) is 0 Å². The number of amides is 5. The van der Waals surface area contributed by atoms with Crippen molar-refractivity contribution in [1.82, 2.24) is 26.6 Å². The van der Waals surface area contributed by atoms with Gasteiger partial charge in [-0.2, -0.15) is 0 Å². The molecule has 3 aromatic rings. The summed E-state index contributed by atoms with van der Waals surface area (Å²) in [6.07, 6.45) is 2.97. The Balaban J connectivity index is 0.820. The van der Waals surface area contributed by atoms with E-state index in [1.807, 2.05) is 48.7 Å². The lowest BCUT2D eigenvalue weighted by atomic mass is 9.44. The molecule has 0 spiro atoms. The standard InChI is InChI=1S/C52H59BrFN5O12S/c1-49-14-13-35(61)19-34(49)11-12-37-38-20-42-52(41(63)26-60,50(38,2)21-40(62)51(37,49)54)71-48(70-42)33-18-36(72-28-33)16-31-9-6-10-32(15-31)27-69-29-58-45(66)24-57-47(68)39(17-30-7-4-3-5-8-30)59-46(67)25-56-44(65)23-55-43(64)22-53/h3-10,13-15,18-19,28,37-40,42,48,60,62H,11-12,16-17,20-27,29H2,1-2H3,(H,55,64)(H,56,65)(H,57,68)(H,58,66)(H,59,67)/t37-,38-,39-,40-,42+,48+,49-,50-,51-,52+/m0/s1. The van der Waals surface area contributed by atoms with Crippen LogP contribution in [0, 0.1) is 22.7 Å². The smallest absolute Gasteiger partial charge is 0.243 e. The van der Waals surface area contributed by atoms with Crippen molar-refractivity contribution in [2.75, 3.05) is 38.3 Å². The van der Waals surface area contributed by atoms with Gasteiger partial charge in [0.2, 0.25) is 29.5 Å². The summed E-state index contributed by atoms with van der Waals surface area (Å²) >= 11 is 4.47. The van der Waals surface area contributed by atoms with Crippen molar-refractivity contribution >= 4 is 68.4 Å². The Morgan fingerprint density at radius 2 is 1.61 bits per heavy atom. The number of hydrogen-bond donors (Lipinski definition) is 7. The number of allylic oxidation sites excluding steroid dienone is 4. The summed E-state index contributed by atoms with van der Waals surface area (Å²) in [5.74, 6) is -4.62. The number of benzene rings is 2. The zero-order valence-corrected chi connectivity index (χ0v) is 42.3. The number of carbonyl (C=O) groups excluding carboxylic acids is 7. The molecular weight excluding hydrogens is 1020 g/mol. The van der Waals surface area contributed by atoms with E-state index in [-0.39, 0.29) is 43.8 Å². The third-order valence-electron chi connectivity index (χ3n) is 15.3. The van der Waals surface area contributed by atoms with E-state index in [1.54, 1.807) is 37.3 Å². The second-order valence-electron chi connectivity index (χ2n) is 19.5. The molecule has 0 radical (unpaired) electrons. The predicted octanol–water partition coefficient (Wildman–Crippen LogP) is 3.10. The van der Waals surface area contributed by atoms with Gasteiger partial charge in [-0.25, -0.2) is 4.39 Å². The summed E-state index contributed by atoms with van der Waals surface area (Å²) in [5, 5.41) is 36.7. The Hall–Kier alpha value is -5.48. The summed E-state index contributed by atoms with van der Waals surface area (Å²) < 4.78 is 36.8. The number of nitrogens with one attached hydrogen (secondary N) is 5. The molecule has 1 aromatic heterocycles. The molecule has 1 aliphatic heterocycles. The first kappa shape index (κ1) is 52.8. The van der Waals surface area contributed by atoms with Crippen LogP contribution in [-0.2, 0) is 67.2 Å². The lowest BCUT2D eigenvalue weighted by Gasteiger charge is -2.62. The fourth-order valence-corrected chi connectivity index (χ4v) is 12.9. The molecule has 2 aromatic carbocycles. The molecule has 2 heterocycles. The lowest BCUT2D eigenvalue weighted by molar-refractivity contribution is -0.231. The Morgan fingerprint density at radius 3 is 2.38 bits per heavy atom. The lowest BCUT2D eigenvalue weighted by Crippen LogP contribution is -2.69. The number of thiophene rings is 1. The summed E-state index contributed by atoms with van der Waals surface area (Å²) in [6.45, 7) is 1.65. The van der Waals surface area contributed by atoms with Crippen LogP contribution in [0.25, 0.3) is 0 Å². The first-order chi connectivity index (χ1) is 34.4. The van der Waals surface area contributed by atoms with Crippen LogP contribution < -0.4 is 26.6 Å². The highest BCUT2D eigenvalue weighted by atomic mass is 79.9. The zero-order chi connectivity index (χ0) is 51.4. The van der Waals surface area contributed by atoms with Crippen molar-refractivity contribution in [3.05, 3.63) is 117 Å². The van der Waals surface area contributed by atoms with Crippen molar-refractivity contribution < 1.29 is 62.4 Å². The van der Waals surface area contributed by atoms with Crippen LogP contribution in [0.3, 0.4) is 0 Å². The van der Waals surface area contributed by atoms with Gasteiger partial charge in [-0.1, -0.05) is 89.1 Å². The molecule has 7 N–H and O–H groups in total. The summed E-state index contributed by atoms with van der Waals surface area (Å²) in [7, 11) is 0. The first-order valence-electron chi connectivity index (χ1n) is 23.9. The Morgan fingerprint density at radius 1 is 0.903 bits per heavy atom. The molecule has 72 heavy (non-hydrogen) atoms. The predicted molar refractivity (Wildman–Crippen MR) is 264 cm³/mol. The number of hydrogen-bond acceptors (Lipinski definition) is 13. The van der Waals surface area contributed by atoms with Crippen LogP contribution in [0.2, 0.25) is 0 Å². The number of Topliss-reactive ketones (excluding diaryl/α,β-unsaturated/α-hetero) is 1. The van der Waals surface area contributed by atoms with Crippen molar-refractivity contribution in [2.24, 2.45) is 22.7 Å². The minimum atomic E-state index is -2.09. The maximum absolute atomic E-state index is 17.8. The monoisotopic (exact) mass is 1080 g/mol. The largest absolute Gasteiger partial charge is 0.390 e. The molecule has 17 nitrogen and oxygen atoms in total. The summed E-state index contributed by atoms with van der Waals surface area (Å²) in [4.78, 5) is 89.3. The number of fused-ring (bicyclic) bond motifs is 7. The van der Waals surface area contributed by atoms with E-state index in [1.165, 1.54) is 23.5 Å². The van der Waals surface area contributed by atoms with Gasteiger partial charge in [0.05, 0.1) is 43.8 Å². The normalized spacial score (nSPS) is 29.3. The van der Waals surface area contributed by atoms with Gasteiger partial charge in [0.15, 0.2) is 29.1 Å². The van der Waals surface area contributed by atoms with E-state index in [2.05, 4.69) is 42.5 Å². The molecule has 4 fully saturated rings. The fraction of sp³-hybridized carbons (Fsp3) is 0.481. The van der Waals surface area contributed by atoms with E-state index in [4.69, 9.17) is 14.2 Å². The third kappa shape index (κ3) is 10.4. The van der Waals surface area contributed by atoms with Gasteiger partial charge in [-0.05, 0) is 78.8 Å². The van der Waals surface area contributed by atoms with Gasteiger partial charge in [-0.3, -0.25) is 33.6 Å². The first-order valence-corrected chi connectivity index (χ1v) is 25.9. The number of aliphatic hydroxyl groups excluding tert-OH is 2. The van der Waals surface area contributed by atoms with Gasteiger partial charge in [0.1, 0.15) is 19.4 Å². The van der Waals surface area contributed by atoms with E-state index < -0.39 is 113 Å². The van der Waals surface area contributed by atoms with Gasteiger partial charge in [0, 0.05) is 40.0 Å². The second-order valence-corrected chi connectivity index (χ2v) is 21.1. The number of ketones is 2. The Bertz CT molecular complexity index is 2650. The Kier molecular flexibility index (Phi) is 16.1. The van der Waals surface area contributed by atoms with Crippen LogP contribution in [0.5, 0.6) is 0 Å². The van der Waals surface area contributed by atoms with Crippen LogP contribution in [0.15, 0.2) is 89.8 Å². The minimum Gasteiger partial charge on any atom is -0.390 e. The van der Waals surface area contributed by atoms with Crippen LogP contribution in [0.1, 0.15) is 73.0 Å². The van der Waals surface area contributed by atoms with E-state index in [9.17, 15) is 43.8 Å². The fourth-order valence-electron chi connectivity index (χ4n) is 11.8. The minimum absolute atomic E-state index is 0.0180. The molecule has 20 heteroatoms. The molecule has 1 saturated heterocycles. The van der Waals surface area contributed by atoms with E-state index in [0.29, 0.717) is 36.8 Å². The quantitative estimate of drug-likeness (QED) is 0.0491. The second kappa shape index (κ2) is 21.9. The van der Waals surface area contributed by atoms with Crippen molar-refractivity contribution in [2.45, 2.75) is 94.8 Å². The highest BCUT2D eigenvalue weighted by molar-refractivity contribution is 9.09. The molecule has 3 saturated carbocycles. The Labute approximate surface area is 428 Å². The number of ether oxygens (including phenoxy) is 3. The SMILES string of the molecule is C[C@]12C=CC(=O)C=C1CC[C@H]1[C@@H]3C[C@H]4O[C@@H](c5csc(Cc6cccc(COCNC(=O)CNC(=O)[C@H](Cc7ccccc7)NC(=O)CNC(=O)CNC(=O)CBr)c6)c5)O[C@@]4(C(=O)CO)[C@@]3(C)C[C@H](O)[C@@]12F. The molecule has 384 valence electrons. The van der Waals surface area contributed by atoms with Gasteiger partial charge < -0.3 is 51.0 Å².